The molecule has 25 heavy (non-hydrogen) atoms. The number of morpholine rings is 1. The van der Waals surface area contributed by atoms with Gasteiger partial charge in [0, 0.05) is 44.7 Å². The fraction of sp³-hybridized carbons (Fsp3) is 0.556. The van der Waals surface area contributed by atoms with Gasteiger partial charge >= 0.3 is 0 Å². The zero-order chi connectivity index (χ0) is 17.2. The Balaban J connectivity index is 1.38. The smallest absolute Gasteiger partial charge is 0.239 e. The molecule has 0 bridgehead atoms. The molecule has 0 aliphatic carbocycles. The largest absolute Gasteiger partial charge is 0.379 e. The van der Waals surface area contributed by atoms with Gasteiger partial charge in [0.05, 0.1) is 24.0 Å². The maximum atomic E-state index is 12.8. The highest BCUT2D eigenvalue weighted by Crippen LogP contribution is 2.29. The second-order valence-electron chi connectivity index (χ2n) is 6.64. The van der Waals surface area contributed by atoms with Gasteiger partial charge in [-0.15, -0.1) is 0 Å². The van der Waals surface area contributed by atoms with E-state index in [1.54, 1.807) is 11.5 Å². The number of anilines is 1. The molecule has 2 saturated heterocycles. The molecule has 2 aromatic rings. The SMILES string of the molecule is CC(C(=O)N1CCN(c2nsc3ccccc23)CC1)N1CCOCC1. The van der Waals surface area contributed by atoms with E-state index in [4.69, 9.17) is 4.74 Å². The lowest BCUT2D eigenvalue weighted by Crippen LogP contribution is -2.55. The lowest BCUT2D eigenvalue weighted by molar-refractivity contribution is -0.138. The predicted octanol–water partition coefficient (Wildman–Crippen LogP) is 1.67. The molecular weight excluding hydrogens is 336 g/mol. The van der Waals surface area contributed by atoms with Crippen LogP contribution in [0.4, 0.5) is 5.82 Å². The summed E-state index contributed by atoms with van der Waals surface area (Å²) in [5.41, 5.74) is 0. The number of carbonyl (C=O) groups is 1. The van der Waals surface area contributed by atoms with E-state index in [-0.39, 0.29) is 11.9 Å². The summed E-state index contributed by atoms with van der Waals surface area (Å²) in [5, 5.41) is 1.22. The van der Waals surface area contributed by atoms with Gasteiger partial charge in [-0.3, -0.25) is 9.69 Å². The summed E-state index contributed by atoms with van der Waals surface area (Å²) in [5.74, 6) is 1.30. The molecule has 7 heteroatoms. The number of benzene rings is 1. The number of nitrogens with zero attached hydrogens (tertiary/aromatic N) is 4. The lowest BCUT2D eigenvalue weighted by atomic mass is 10.2. The van der Waals surface area contributed by atoms with Crippen LogP contribution in [0.25, 0.3) is 10.1 Å². The first kappa shape index (κ1) is 16.8. The van der Waals surface area contributed by atoms with Gasteiger partial charge in [0.2, 0.25) is 5.91 Å². The van der Waals surface area contributed by atoms with Crippen molar-refractivity contribution in [3.8, 4) is 0 Å². The van der Waals surface area contributed by atoms with Gasteiger partial charge in [-0.05, 0) is 30.6 Å². The van der Waals surface area contributed by atoms with Crippen LogP contribution in [0.15, 0.2) is 24.3 Å². The third kappa shape index (κ3) is 3.36. The zero-order valence-electron chi connectivity index (χ0n) is 14.6. The maximum absolute atomic E-state index is 12.8. The quantitative estimate of drug-likeness (QED) is 0.833. The molecule has 134 valence electrons. The van der Waals surface area contributed by atoms with E-state index in [2.05, 4.69) is 32.4 Å². The van der Waals surface area contributed by atoms with Crippen LogP contribution in [0.3, 0.4) is 0 Å². The van der Waals surface area contributed by atoms with Crippen LogP contribution < -0.4 is 4.90 Å². The monoisotopic (exact) mass is 360 g/mol. The van der Waals surface area contributed by atoms with E-state index in [0.717, 1.165) is 58.3 Å². The zero-order valence-corrected chi connectivity index (χ0v) is 15.4. The average Bonchev–Trinajstić information content (AvgIpc) is 3.12. The Morgan fingerprint density at radius 3 is 2.60 bits per heavy atom. The molecule has 2 aliphatic heterocycles. The van der Waals surface area contributed by atoms with Gasteiger partial charge in [-0.1, -0.05) is 12.1 Å². The fourth-order valence-corrected chi connectivity index (χ4v) is 4.42. The molecule has 6 nitrogen and oxygen atoms in total. The summed E-state index contributed by atoms with van der Waals surface area (Å²) in [6.45, 7) is 8.37. The first-order chi connectivity index (χ1) is 12.2. The molecule has 0 N–H and O–H groups in total. The number of ether oxygens (including phenoxy) is 1. The number of piperazine rings is 1. The lowest BCUT2D eigenvalue weighted by Gasteiger charge is -2.39. The first-order valence-corrected chi connectivity index (χ1v) is 9.71. The van der Waals surface area contributed by atoms with E-state index < -0.39 is 0 Å². The van der Waals surface area contributed by atoms with Crippen molar-refractivity contribution in [3.05, 3.63) is 24.3 Å². The molecule has 1 aromatic heterocycles. The Hall–Kier alpha value is -1.70. The van der Waals surface area contributed by atoms with Crippen molar-refractivity contribution in [2.24, 2.45) is 0 Å². The number of hydrogen-bond acceptors (Lipinski definition) is 6. The van der Waals surface area contributed by atoms with Crippen molar-refractivity contribution in [1.82, 2.24) is 14.2 Å². The minimum atomic E-state index is -0.0597. The molecule has 0 saturated carbocycles. The number of hydrogen-bond donors (Lipinski definition) is 0. The van der Waals surface area contributed by atoms with E-state index in [9.17, 15) is 4.79 Å². The molecule has 4 rings (SSSR count). The number of rotatable bonds is 3. The van der Waals surface area contributed by atoms with Crippen molar-refractivity contribution in [3.63, 3.8) is 0 Å². The molecule has 1 aromatic carbocycles. The molecular formula is C18H24N4O2S. The molecule has 0 spiro atoms. The van der Waals surface area contributed by atoms with Crippen molar-refractivity contribution >= 4 is 33.3 Å². The number of carbonyl (C=O) groups excluding carboxylic acids is 1. The van der Waals surface area contributed by atoms with Crippen LogP contribution in [-0.2, 0) is 9.53 Å². The van der Waals surface area contributed by atoms with E-state index >= 15 is 0 Å². The fourth-order valence-electron chi connectivity index (χ4n) is 3.62. The Labute approximate surface area is 152 Å². The van der Waals surface area contributed by atoms with Crippen molar-refractivity contribution < 1.29 is 9.53 Å². The van der Waals surface area contributed by atoms with Crippen LogP contribution in [-0.4, -0.2) is 78.6 Å². The van der Waals surface area contributed by atoms with Crippen LogP contribution >= 0.6 is 11.5 Å². The summed E-state index contributed by atoms with van der Waals surface area (Å²) >= 11 is 1.55. The predicted molar refractivity (Wildman–Crippen MR) is 100 cm³/mol. The van der Waals surface area contributed by atoms with E-state index in [0.29, 0.717) is 0 Å². The van der Waals surface area contributed by atoms with Crippen LogP contribution in [0.2, 0.25) is 0 Å². The summed E-state index contributed by atoms with van der Waals surface area (Å²) in [6, 6.07) is 8.29. The Bertz CT molecular complexity index is 736. The van der Waals surface area contributed by atoms with Gasteiger partial charge in [-0.2, -0.15) is 4.37 Å². The molecule has 2 fully saturated rings. The van der Waals surface area contributed by atoms with Crippen molar-refractivity contribution in [2.75, 3.05) is 57.4 Å². The molecule has 2 aliphatic rings. The standard InChI is InChI=1S/C18H24N4O2S/c1-14(20-10-12-24-13-11-20)18(23)22-8-6-21(7-9-22)17-15-4-2-3-5-16(15)25-19-17/h2-5,14H,6-13H2,1H3. The topological polar surface area (TPSA) is 48.9 Å². The summed E-state index contributed by atoms with van der Waals surface area (Å²) in [6.07, 6.45) is 0. The molecule has 1 amide bonds. The van der Waals surface area contributed by atoms with Gasteiger partial charge in [0.25, 0.3) is 0 Å². The normalized spacial score (nSPS) is 20.8. The minimum Gasteiger partial charge on any atom is -0.379 e. The second-order valence-corrected chi connectivity index (χ2v) is 7.44. The minimum absolute atomic E-state index is 0.0597. The summed E-state index contributed by atoms with van der Waals surface area (Å²) in [7, 11) is 0. The van der Waals surface area contributed by atoms with Crippen LogP contribution in [0.1, 0.15) is 6.92 Å². The maximum Gasteiger partial charge on any atom is 0.239 e. The number of amides is 1. The van der Waals surface area contributed by atoms with Gasteiger partial charge in [0.15, 0.2) is 0 Å². The summed E-state index contributed by atoms with van der Waals surface area (Å²) in [4.78, 5) is 19.4. The Kier molecular flexibility index (Phi) is 4.87. The second kappa shape index (κ2) is 7.27. The molecule has 3 heterocycles. The number of aromatic nitrogens is 1. The Morgan fingerprint density at radius 2 is 1.84 bits per heavy atom. The molecule has 0 radical (unpaired) electrons. The van der Waals surface area contributed by atoms with E-state index in [1.165, 1.54) is 10.1 Å². The van der Waals surface area contributed by atoms with Gasteiger partial charge < -0.3 is 14.5 Å². The highest BCUT2D eigenvalue weighted by Gasteiger charge is 2.30. The molecule has 1 unspecified atom stereocenters. The Morgan fingerprint density at radius 1 is 1.12 bits per heavy atom. The summed E-state index contributed by atoms with van der Waals surface area (Å²) < 4.78 is 11.2. The molecule has 1 atom stereocenters. The highest BCUT2D eigenvalue weighted by molar-refractivity contribution is 7.13. The third-order valence-corrected chi connectivity index (χ3v) is 6.02. The van der Waals surface area contributed by atoms with Gasteiger partial charge in [0.1, 0.15) is 5.82 Å². The van der Waals surface area contributed by atoms with Crippen LogP contribution in [0.5, 0.6) is 0 Å². The van der Waals surface area contributed by atoms with E-state index in [1.807, 2.05) is 17.9 Å². The first-order valence-electron chi connectivity index (χ1n) is 8.94. The number of fused-ring (bicyclic) bond motifs is 1. The third-order valence-electron chi connectivity index (χ3n) is 5.20. The highest BCUT2D eigenvalue weighted by atomic mass is 32.1. The average molecular weight is 360 g/mol. The van der Waals surface area contributed by atoms with Crippen LogP contribution in [0, 0.1) is 0 Å². The van der Waals surface area contributed by atoms with Crippen molar-refractivity contribution in [1.29, 1.82) is 0 Å². The van der Waals surface area contributed by atoms with Crippen molar-refractivity contribution in [2.45, 2.75) is 13.0 Å². The van der Waals surface area contributed by atoms with Gasteiger partial charge in [-0.25, -0.2) is 0 Å².